The molecule has 0 spiro atoms. The van der Waals surface area contributed by atoms with E-state index in [0.717, 1.165) is 35.3 Å². The van der Waals surface area contributed by atoms with Crippen LogP contribution in [0, 0.1) is 17.9 Å². The molecule has 1 aromatic heterocycles. The molecule has 0 atom stereocenters. The van der Waals surface area contributed by atoms with E-state index in [1.807, 2.05) is 25.1 Å². The predicted octanol–water partition coefficient (Wildman–Crippen LogP) is 4.31. The summed E-state index contributed by atoms with van der Waals surface area (Å²) in [4.78, 5) is 3.27. The minimum atomic E-state index is 0.197. The summed E-state index contributed by atoms with van der Waals surface area (Å²) in [6, 6.07) is 5.70. The third kappa shape index (κ3) is 2.05. The van der Waals surface area contributed by atoms with E-state index in [4.69, 9.17) is 16.3 Å². The molecule has 0 amide bonds. The van der Waals surface area contributed by atoms with Gasteiger partial charge in [-0.25, -0.2) is 10.1 Å². The first-order chi connectivity index (χ1) is 8.17. The van der Waals surface area contributed by atoms with Crippen molar-refractivity contribution in [1.29, 1.82) is 5.26 Å². The quantitative estimate of drug-likeness (QED) is 0.571. The lowest BCUT2D eigenvalue weighted by atomic mass is 10.1. The molecule has 1 aromatic rings. The molecular weight excluding hydrogens is 280 g/mol. The molecule has 0 fully saturated rings. The van der Waals surface area contributed by atoms with Gasteiger partial charge in [-0.1, -0.05) is 5.57 Å². The summed E-state index contributed by atoms with van der Waals surface area (Å²) in [6.07, 6.45) is 1.56. The number of nitrogens with zero attached hydrogens (tertiary/aromatic N) is 2. The lowest BCUT2D eigenvalue weighted by Gasteiger charge is -2.00. The van der Waals surface area contributed by atoms with Crippen LogP contribution in [0.3, 0.4) is 0 Å². The molecule has 0 bridgehead atoms. The van der Waals surface area contributed by atoms with Crippen molar-refractivity contribution in [2.75, 3.05) is 0 Å². The summed E-state index contributed by atoms with van der Waals surface area (Å²) in [6.45, 7) is 8.92. The number of nitriles is 1. The van der Waals surface area contributed by atoms with Crippen LogP contribution in [-0.2, 0) is 0 Å². The van der Waals surface area contributed by atoms with Crippen molar-refractivity contribution >= 4 is 21.5 Å². The Hall–Kier alpha value is -1.78. The van der Waals surface area contributed by atoms with E-state index in [0.29, 0.717) is 4.67 Å². The third-order valence-corrected chi connectivity index (χ3v) is 3.33. The fourth-order valence-electron chi connectivity index (χ4n) is 2.05. The molecule has 17 heavy (non-hydrogen) atoms. The monoisotopic (exact) mass is 288 g/mol. The Morgan fingerprint density at radius 1 is 1.53 bits per heavy atom. The smallest absolute Gasteiger partial charge is 0.265 e. The number of furan rings is 1. The molecule has 0 N–H and O–H groups in total. The summed E-state index contributed by atoms with van der Waals surface area (Å²) in [7, 11) is 0. The SMILES string of the molecule is [C-]#[N+]/C(C#N)=C1/CCC(c2ccc(Br)o2)=C1C. The zero-order chi connectivity index (χ0) is 12.4. The normalized spacial score (nSPS) is 17.9. The molecule has 1 aliphatic carbocycles. The molecule has 4 heteroatoms. The van der Waals surface area contributed by atoms with Gasteiger partial charge in [0.25, 0.3) is 5.70 Å². The maximum Gasteiger partial charge on any atom is 0.265 e. The van der Waals surface area contributed by atoms with Crippen molar-refractivity contribution in [2.24, 2.45) is 0 Å². The van der Waals surface area contributed by atoms with E-state index >= 15 is 0 Å². The van der Waals surface area contributed by atoms with Gasteiger partial charge in [0.1, 0.15) is 5.76 Å². The van der Waals surface area contributed by atoms with E-state index in [1.165, 1.54) is 0 Å². The molecule has 84 valence electrons. The van der Waals surface area contributed by atoms with Crippen molar-refractivity contribution < 1.29 is 4.42 Å². The van der Waals surface area contributed by atoms with E-state index < -0.39 is 0 Å². The Morgan fingerprint density at radius 2 is 2.29 bits per heavy atom. The third-order valence-electron chi connectivity index (χ3n) is 2.90. The standard InChI is InChI=1S/C13H9BrN2O/c1-8-9(11(7-15)16-2)3-4-10(8)12-5-6-13(14)17-12/h5-6H,3-4H2,1H3/b11-9-. The van der Waals surface area contributed by atoms with Crippen molar-refractivity contribution in [1.82, 2.24) is 0 Å². The Morgan fingerprint density at radius 3 is 2.82 bits per heavy atom. The highest BCUT2D eigenvalue weighted by Crippen LogP contribution is 2.40. The topological polar surface area (TPSA) is 41.3 Å². The second-order valence-electron chi connectivity index (χ2n) is 3.76. The molecule has 0 radical (unpaired) electrons. The summed E-state index contributed by atoms with van der Waals surface area (Å²) in [5.41, 5.74) is 3.13. The Balaban J connectivity index is 2.50. The predicted molar refractivity (Wildman–Crippen MR) is 67.5 cm³/mol. The average Bonchev–Trinajstić information content (AvgIpc) is 2.88. The van der Waals surface area contributed by atoms with Gasteiger partial charge in [-0.15, -0.1) is 0 Å². The number of hydrogen-bond acceptors (Lipinski definition) is 2. The molecule has 0 aromatic carbocycles. The van der Waals surface area contributed by atoms with E-state index in [9.17, 15) is 0 Å². The fraction of sp³-hybridized carbons (Fsp3) is 0.231. The van der Waals surface area contributed by atoms with Crippen molar-refractivity contribution in [3.8, 4) is 6.07 Å². The van der Waals surface area contributed by atoms with Gasteiger partial charge >= 0.3 is 0 Å². The minimum Gasteiger partial charge on any atom is -0.450 e. The summed E-state index contributed by atoms with van der Waals surface area (Å²) >= 11 is 3.27. The van der Waals surface area contributed by atoms with E-state index in [-0.39, 0.29) is 5.70 Å². The maximum absolute atomic E-state index is 8.89. The van der Waals surface area contributed by atoms with Crippen LogP contribution in [0.15, 0.2) is 38.1 Å². The number of allylic oxidation sites excluding steroid dienone is 4. The second-order valence-corrected chi connectivity index (χ2v) is 4.54. The van der Waals surface area contributed by atoms with Crippen LogP contribution in [0.25, 0.3) is 10.4 Å². The van der Waals surface area contributed by atoms with Crippen LogP contribution in [0.2, 0.25) is 0 Å². The van der Waals surface area contributed by atoms with Crippen LogP contribution in [0.4, 0.5) is 0 Å². The molecule has 0 aliphatic heterocycles. The average molecular weight is 289 g/mol. The Labute approximate surface area is 108 Å². The highest BCUT2D eigenvalue weighted by Gasteiger charge is 2.22. The van der Waals surface area contributed by atoms with Gasteiger partial charge in [-0.05, 0) is 59.0 Å². The highest BCUT2D eigenvalue weighted by atomic mass is 79.9. The molecule has 0 saturated heterocycles. The van der Waals surface area contributed by atoms with Crippen LogP contribution < -0.4 is 0 Å². The number of hydrogen-bond donors (Lipinski definition) is 0. The van der Waals surface area contributed by atoms with Gasteiger partial charge < -0.3 is 4.42 Å². The lowest BCUT2D eigenvalue weighted by molar-refractivity contribution is 0.526. The molecular formula is C13H9BrN2O. The van der Waals surface area contributed by atoms with Crippen molar-refractivity contribution in [2.45, 2.75) is 19.8 Å². The van der Waals surface area contributed by atoms with E-state index in [2.05, 4.69) is 20.8 Å². The van der Waals surface area contributed by atoms with Gasteiger partial charge in [0, 0.05) is 0 Å². The summed E-state index contributed by atoms with van der Waals surface area (Å²) in [5.74, 6) is 0.812. The summed E-state index contributed by atoms with van der Waals surface area (Å²) in [5, 5.41) is 8.89. The molecule has 1 heterocycles. The zero-order valence-corrected chi connectivity index (χ0v) is 10.8. The Kier molecular flexibility index (Phi) is 3.17. The second kappa shape index (κ2) is 4.61. The maximum atomic E-state index is 8.89. The van der Waals surface area contributed by atoms with Gasteiger partial charge in [-0.2, -0.15) is 0 Å². The molecule has 0 saturated carbocycles. The van der Waals surface area contributed by atoms with Crippen molar-refractivity contribution in [3.63, 3.8) is 0 Å². The molecule has 3 nitrogen and oxygen atoms in total. The molecule has 1 aliphatic rings. The van der Waals surface area contributed by atoms with Crippen LogP contribution >= 0.6 is 15.9 Å². The number of rotatable bonds is 1. The Bertz CT molecular complexity index is 592. The fourth-order valence-corrected chi connectivity index (χ4v) is 2.35. The first-order valence-corrected chi connectivity index (χ1v) is 5.93. The largest absolute Gasteiger partial charge is 0.450 e. The van der Waals surface area contributed by atoms with Crippen LogP contribution in [0.5, 0.6) is 0 Å². The zero-order valence-electron chi connectivity index (χ0n) is 9.25. The van der Waals surface area contributed by atoms with Gasteiger partial charge in [-0.3, -0.25) is 0 Å². The first kappa shape index (κ1) is 11.7. The summed E-state index contributed by atoms with van der Waals surface area (Å²) < 4.78 is 6.20. The van der Waals surface area contributed by atoms with E-state index in [1.54, 1.807) is 0 Å². The van der Waals surface area contributed by atoms with Crippen LogP contribution in [-0.4, -0.2) is 0 Å². The highest BCUT2D eigenvalue weighted by molar-refractivity contribution is 9.10. The van der Waals surface area contributed by atoms with Gasteiger partial charge in [0.05, 0.1) is 12.6 Å². The van der Waals surface area contributed by atoms with Crippen LogP contribution in [0.1, 0.15) is 25.5 Å². The van der Waals surface area contributed by atoms with Gasteiger partial charge in [0.2, 0.25) is 0 Å². The number of halogens is 1. The molecule has 0 unspecified atom stereocenters. The first-order valence-electron chi connectivity index (χ1n) is 5.14. The van der Waals surface area contributed by atoms with Gasteiger partial charge in [0.15, 0.2) is 4.67 Å². The molecule has 2 rings (SSSR count). The lowest BCUT2D eigenvalue weighted by Crippen LogP contribution is -1.83. The van der Waals surface area contributed by atoms with Crippen molar-refractivity contribution in [3.05, 3.63) is 50.8 Å². The minimum absolute atomic E-state index is 0.197.